The van der Waals surface area contributed by atoms with Crippen LogP contribution in [-0.2, 0) is 0 Å². The Morgan fingerprint density at radius 2 is 2.09 bits per heavy atom. The molecule has 1 fully saturated rings. The van der Waals surface area contributed by atoms with Gasteiger partial charge in [-0.3, -0.25) is 4.99 Å². The smallest absolute Gasteiger partial charge is 0.190 e. The Hall–Kier alpha value is -0.340. The summed E-state index contributed by atoms with van der Waals surface area (Å²) >= 11 is 1.76. The highest BCUT2D eigenvalue weighted by molar-refractivity contribution is 14.0. The topological polar surface area (TPSA) is 39.7 Å². The summed E-state index contributed by atoms with van der Waals surface area (Å²) < 4.78 is 0. The van der Waals surface area contributed by atoms with Crippen molar-refractivity contribution in [1.82, 2.24) is 15.5 Å². The van der Waals surface area contributed by atoms with Crippen molar-refractivity contribution in [3.05, 3.63) is 22.4 Å². The third-order valence-electron chi connectivity index (χ3n) is 4.30. The third kappa shape index (κ3) is 7.85. The molecule has 1 unspecified atom stereocenters. The lowest BCUT2D eigenvalue weighted by molar-refractivity contribution is 0.330. The van der Waals surface area contributed by atoms with Crippen LogP contribution in [0.2, 0.25) is 0 Å². The van der Waals surface area contributed by atoms with Gasteiger partial charge in [0.2, 0.25) is 0 Å². The van der Waals surface area contributed by atoms with Crippen LogP contribution in [0.5, 0.6) is 0 Å². The van der Waals surface area contributed by atoms with Gasteiger partial charge in [-0.05, 0) is 73.6 Å². The summed E-state index contributed by atoms with van der Waals surface area (Å²) in [6.07, 6.45) is 5.25. The van der Waals surface area contributed by atoms with Gasteiger partial charge in [0.15, 0.2) is 5.96 Å². The number of guanidine groups is 1. The van der Waals surface area contributed by atoms with E-state index in [9.17, 15) is 0 Å². The van der Waals surface area contributed by atoms with Crippen LogP contribution in [0.15, 0.2) is 21.8 Å². The predicted octanol–water partition coefficient (Wildman–Crippen LogP) is 3.51. The fraction of sp³-hybridized carbons (Fsp3) is 0.706. The van der Waals surface area contributed by atoms with E-state index in [-0.39, 0.29) is 24.0 Å². The molecule has 0 aliphatic carbocycles. The van der Waals surface area contributed by atoms with Crippen molar-refractivity contribution >= 4 is 41.3 Å². The lowest BCUT2D eigenvalue weighted by atomic mass is 10.1. The normalized spacial score (nSPS) is 16.9. The van der Waals surface area contributed by atoms with E-state index in [1.165, 1.54) is 50.9 Å². The lowest BCUT2D eigenvalue weighted by Gasteiger charge is -2.16. The second-order valence-corrected chi connectivity index (χ2v) is 6.87. The Kier molecular flexibility index (Phi) is 10.9. The zero-order chi connectivity index (χ0) is 15.6. The number of likely N-dealkylation sites (tertiary alicyclic amines) is 1. The van der Waals surface area contributed by atoms with Crippen LogP contribution in [0.1, 0.15) is 44.1 Å². The number of nitrogens with zero attached hydrogens (tertiary/aromatic N) is 2. The van der Waals surface area contributed by atoms with Gasteiger partial charge in [0.05, 0.1) is 0 Å². The standard InChI is InChI=1S/C17H30N4S.HI/c1-15(16-7-12-22-14-16)13-20-17(18-2)19-8-3-4-9-21-10-5-6-11-21;/h7,12,14-15H,3-6,8-11,13H2,1-2H3,(H2,18,19,20);1H. The molecule has 2 N–H and O–H groups in total. The van der Waals surface area contributed by atoms with Gasteiger partial charge in [-0.25, -0.2) is 0 Å². The van der Waals surface area contributed by atoms with Crippen LogP contribution in [0.25, 0.3) is 0 Å². The van der Waals surface area contributed by atoms with Gasteiger partial charge in [-0.15, -0.1) is 24.0 Å². The van der Waals surface area contributed by atoms with Crippen molar-refractivity contribution in [3.63, 3.8) is 0 Å². The third-order valence-corrected chi connectivity index (χ3v) is 5.01. The number of aliphatic imine (C=N–C) groups is 1. The van der Waals surface area contributed by atoms with E-state index in [4.69, 9.17) is 0 Å². The lowest BCUT2D eigenvalue weighted by Crippen LogP contribution is -2.39. The average molecular weight is 450 g/mol. The highest BCUT2D eigenvalue weighted by atomic mass is 127. The molecular formula is C17H31IN4S. The fourth-order valence-corrected chi connectivity index (χ4v) is 3.60. The molecule has 132 valence electrons. The highest BCUT2D eigenvalue weighted by Gasteiger charge is 2.10. The molecule has 0 amide bonds. The van der Waals surface area contributed by atoms with E-state index in [0.717, 1.165) is 19.0 Å². The molecule has 0 radical (unpaired) electrons. The summed E-state index contributed by atoms with van der Waals surface area (Å²) in [5.41, 5.74) is 1.40. The van der Waals surface area contributed by atoms with Crippen molar-refractivity contribution < 1.29 is 0 Å². The van der Waals surface area contributed by atoms with Crippen molar-refractivity contribution in [2.24, 2.45) is 4.99 Å². The molecule has 4 nitrogen and oxygen atoms in total. The molecule has 1 saturated heterocycles. The summed E-state index contributed by atoms with van der Waals surface area (Å²) in [5.74, 6) is 1.43. The van der Waals surface area contributed by atoms with Crippen LogP contribution in [0.4, 0.5) is 0 Å². The minimum absolute atomic E-state index is 0. The number of unbranched alkanes of at least 4 members (excludes halogenated alkanes) is 1. The molecule has 0 bridgehead atoms. The van der Waals surface area contributed by atoms with Crippen molar-refractivity contribution in [2.45, 2.75) is 38.5 Å². The zero-order valence-corrected chi connectivity index (χ0v) is 17.5. The van der Waals surface area contributed by atoms with Gasteiger partial charge in [-0.1, -0.05) is 6.92 Å². The molecule has 2 rings (SSSR count). The maximum absolute atomic E-state index is 4.30. The highest BCUT2D eigenvalue weighted by Crippen LogP contribution is 2.16. The van der Waals surface area contributed by atoms with E-state index < -0.39 is 0 Å². The van der Waals surface area contributed by atoms with Crippen molar-refractivity contribution in [3.8, 4) is 0 Å². The first-order valence-corrected chi connectivity index (χ1v) is 9.43. The van der Waals surface area contributed by atoms with Crippen LogP contribution in [0, 0.1) is 0 Å². The Bertz CT molecular complexity index is 430. The quantitative estimate of drug-likeness (QED) is 0.276. The fourth-order valence-electron chi connectivity index (χ4n) is 2.82. The maximum Gasteiger partial charge on any atom is 0.190 e. The molecule has 0 aromatic carbocycles. The minimum Gasteiger partial charge on any atom is -0.356 e. The van der Waals surface area contributed by atoms with Gasteiger partial charge < -0.3 is 15.5 Å². The number of nitrogens with one attached hydrogen (secondary N) is 2. The molecule has 23 heavy (non-hydrogen) atoms. The Labute approximate surface area is 162 Å². The van der Waals surface area contributed by atoms with Crippen LogP contribution < -0.4 is 10.6 Å². The number of hydrogen-bond acceptors (Lipinski definition) is 3. The van der Waals surface area contributed by atoms with Crippen LogP contribution in [-0.4, -0.2) is 50.6 Å². The minimum atomic E-state index is 0. The van der Waals surface area contributed by atoms with E-state index in [0.29, 0.717) is 5.92 Å². The van der Waals surface area contributed by atoms with Crippen molar-refractivity contribution in [1.29, 1.82) is 0 Å². The number of thiophene rings is 1. The first-order chi connectivity index (χ1) is 10.8. The largest absolute Gasteiger partial charge is 0.356 e. The maximum atomic E-state index is 4.30. The van der Waals surface area contributed by atoms with E-state index in [2.05, 4.69) is 44.3 Å². The average Bonchev–Trinajstić information content (AvgIpc) is 3.22. The monoisotopic (exact) mass is 450 g/mol. The molecular weight excluding hydrogens is 419 g/mol. The molecule has 1 aromatic heterocycles. The first-order valence-electron chi connectivity index (χ1n) is 8.48. The SMILES string of the molecule is CN=C(NCCCCN1CCCC1)NCC(C)c1ccsc1.I. The van der Waals surface area contributed by atoms with Gasteiger partial charge in [0.1, 0.15) is 0 Å². The second kappa shape index (κ2) is 12.1. The molecule has 1 atom stereocenters. The van der Waals surface area contributed by atoms with E-state index in [1.807, 2.05) is 7.05 Å². The van der Waals surface area contributed by atoms with Crippen LogP contribution >= 0.6 is 35.3 Å². The number of rotatable bonds is 8. The first kappa shape index (κ1) is 20.7. The Balaban J connectivity index is 0.00000264. The predicted molar refractivity (Wildman–Crippen MR) is 112 cm³/mol. The van der Waals surface area contributed by atoms with Gasteiger partial charge in [0.25, 0.3) is 0 Å². The van der Waals surface area contributed by atoms with Gasteiger partial charge in [0, 0.05) is 20.1 Å². The van der Waals surface area contributed by atoms with Gasteiger partial charge >= 0.3 is 0 Å². The molecule has 1 aromatic rings. The summed E-state index contributed by atoms with van der Waals surface area (Å²) in [5, 5.41) is 11.2. The zero-order valence-electron chi connectivity index (χ0n) is 14.4. The summed E-state index contributed by atoms with van der Waals surface area (Å²) in [6.45, 7) is 8.03. The number of hydrogen-bond donors (Lipinski definition) is 2. The molecule has 1 aliphatic heterocycles. The second-order valence-electron chi connectivity index (χ2n) is 6.09. The Morgan fingerprint density at radius 1 is 1.30 bits per heavy atom. The molecule has 1 aliphatic rings. The molecule has 0 saturated carbocycles. The summed E-state index contributed by atoms with van der Waals surface area (Å²) in [6, 6.07) is 2.20. The molecule has 6 heteroatoms. The Morgan fingerprint density at radius 3 is 2.74 bits per heavy atom. The van der Waals surface area contributed by atoms with Crippen molar-refractivity contribution in [2.75, 3.05) is 39.8 Å². The summed E-state index contributed by atoms with van der Waals surface area (Å²) in [4.78, 5) is 6.88. The molecule has 0 spiro atoms. The molecule has 2 heterocycles. The van der Waals surface area contributed by atoms with Crippen LogP contribution in [0.3, 0.4) is 0 Å². The van der Waals surface area contributed by atoms with E-state index in [1.54, 1.807) is 11.3 Å². The van der Waals surface area contributed by atoms with E-state index >= 15 is 0 Å². The van der Waals surface area contributed by atoms with Gasteiger partial charge in [-0.2, -0.15) is 11.3 Å². The number of halogens is 1. The summed E-state index contributed by atoms with van der Waals surface area (Å²) in [7, 11) is 1.84.